The molecule has 0 radical (unpaired) electrons. The zero-order valence-corrected chi connectivity index (χ0v) is 31.2. The minimum Gasteiger partial charge on any atom is -0.232 e. The van der Waals surface area contributed by atoms with Gasteiger partial charge in [-0.3, -0.25) is 0 Å². The Morgan fingerprint density at radius 1 is 0.386 bits per heavy atom. The van der Waals surface area contributed by atoms with Gasteiger partial charge in [0.25, 0.3) is 0 Å². The van der Waals surface area contributed by atoms with Gasteiger partial charge in [0, 0.05) is 11.1 Å². The van der Waals surface area contributed by atoms with Gasteiger partial charge in [-0.25, -0.2) is 9.97 Å². The molecule has 3 aliphatic carbocycles. The normalized spacial score (nSPS) is 14.9. The monoisotopic (exact) mass is 724 g/mol. The number of hydrogen-bond donors (Lipinski definition) is 0. The number of nitrogens with zero attached hydrogens (tertiary/aromatic N) is 2. The topological polar surface area (TPSA) is 25.8 Å². The molecule has 9 aromatic rings. The van der Waals surface area contributed by atoms with E-state index < -0.39 is 5.41 Å². The van der Waals surface area contributed by atoms with Crippen LogP contribution in [0.2, 0.25) is 0 Å². The van der Waals surface area contributed by atoms with E-state index in [1.54, 1.807) is 0 Å². The first-order valence-corrected chi connectivity index (χ1v) is 19.9. The van der Waals surface area contributed by atoms with Gasteiger partial charge in [-0.05, 0) is 96.4 Å². The molecular formula is C55H36N2. The maximum atomic E-state index is 5.62. The lowest BCUT2D eigenvalue weighted by molar-refractivity contribution is 0.764. The van der Waals surface area contributed by atoms with Gasteiger partial charge in [-0.15, -0.1) is 0 Å². The Morgan fingerprint density at radius 2 is 0.982 bits per heavy atom. The van der Waals surface area contributed by atoms with E-state index in [1.807, 2.05) is 0 Å². The number of aromatic nitrogens is 2. The van der Waals surface area contributed by atoms with Crippen molar-refractivity contribution in [2.75, 3.05) is 0 Å². The van der Waals surface area contributed by atoms with Crippen LogP contribution in [0.25, 0.3) is 55.9 Å². The van der Waals surface area contributed by atoms with Crippen molar-refractivity contribution in [1.82, 2.24) is 9.97 Å². The number of rotatable bonds is 5. The van der Waals surface area contributed by atoms with Crippen molar-refractivity contribution in [3.63, 3.8) is 0 Å². The maximum Gasteiger partial charge on any atom is 0.141 e. The van der Waals surface area contributed by atoms with E-state index in [1.165, 1.54) is 83.5 Å². The summed E-state index contributed by atoms with van der Waals surface area (Å²) in [5.74, 6) is 0.664. The Labute approximate surface area is 332 Å². The van der Waals surface area contributed by atoms with E-state index in [-0.39, 0.29) is 5.92 Å². The van der Waals surface area contributed by atoms with E-state index in [0.717, 1.165) is 29.2 Å². The third-order valence-corrected chi connectivity index (χ3v) is 12.7. The van der Waals surface area contributed by atoms with Crippen molar-refractivity contribution < 1.29 is 0 Å². The fourth-order valence-corrected chi connectivity index (χ4v) is 10.3. The molecule has 0 amide bonds. The molecule has 0 N–H and O–H groups in total. The van der Waals surface area contributed by atoms with Crippen LogP contribution in [-0.4, -0.2) is 9.97 Å². The minimum absolute atomic E-state index is 0.161. The molecule has 2 heteroatoms. The molecule has 1 atom stereocenters. The fourth-order valence-electron chi connectivity index (χ4n) is 10.3. The smallest absolute Gasteiger partial charge is 0.141 e. The van der Waals surface area contributed by atoms with E-state index in [2.05, 4.69) is 200 Å². The third kappa shape index (κ3) is 4.65. The van der Waals surface area contributed by atoms with E-state index >= 15 is 0 Å². The summed E-state index contributed by atoms with van der Waals surface area (Å²) in [6, 6.07) is 73.4. The lowest BCUT2D eigenvalue weighted by Gasteiger charge is -2.34. The van der Waals surface area contributed by atoms with Gasteiger partial charge in [0.05, 0.1) is 22.7 Å². The molecule has 0 saturated carbocycles. The molecule has 0 aliphatic heterocycles. The van der Waals surface area contributed by atoms with Crippen molar-refractivity contribution in [2.24, 2.45) is 0 Å². The second kappa shape index (κ2) is 12.4. The standard InChI is InChI=1S/C55H36N2/c1-4-17-35(18-5-1)51-34-52(43-29-16-28-40-39-24-11-10-19-36(39)31-45(40)43)57-54(56-51)53-44-27-13-12-25-41(44)46-32-47-42-26-14-15-30-49(42)55(50(47)33-48(46)53,37-20-6-2-7-21-37)38-22-8-3-9-23-38/h1-30,32-34,53H,31H2. The highest BCUT2D eigenvalue weighted by Crippen LogP contribution is 2.59. The van der Waals surface area contributed by atoms with Gasteiger partial charge in [-0.1, -0.05) is 188 Å². The highest BCUT2D eigenvalue weighted by Gasteiger charge is 2.47. The summed E-state index contributed by atoms with van der Waals surface area (Å²) in [5, 5.41) is 0. The second-order valence-electron chi connectivity index (χ2n) is 15.6. The molecule has 57 heavy (non-hydrogen) atoms. The molecule has 0 spiro atoms. The summed E-state index contributed by atoms with van der Waals surface area (Å²) < 4.78 is 0. The van der Waals surface area contributed by atoms with E-state index in [0.29, 0.717) is 0 Å². The van der Waals surface area contributed by atoms with Crippen LogP contribution >= 0.6 is 0 Å². The van der Waals surface area contributed by atoms with Crippen LogP contribution in [0.15, 0.2) is 200 Å². The van der Waals surface area contributed by atoms with Gasteiger partial charge in [0.2, 0.25) is 0 Å². The summed E-state index contributed by atoms with van der Waals surface area (Å²) in [7, 11) is 0. The Hall–Kier alpha value is -7.16. The largest absolute Gasteiger partial charge is 0.232 e. The van der Waals surface area contributed by atoms with Crippen molar-refractivity contribution in [1.29, 1.82) is 0 Å². The fraction of sp³-hybridized carbons (Fsp3) is 0.0545. The van der Waals surface area contributed by atoms with Gasteiger partial charge >= 0.3 is 0 Å². The number of hydrogen-bond acceptors (Lipinski definition) is 2. The van der Waals surface area contributed by atoms with Gasteiger partial charge in [0.1, 0.15) is 5.82 Å². The molecule has 1 unspecified atom stereocenters. The molecule has 12 rings (SSSR count). The second-order valence-corrected chi connectivity index (χ2v) is 15.6. The molecule has 8 aromatic carbocycles. The summed E-state index contributed by atoms with van der Waals surface area (Å²) in [6.07, 6.45) is 0.893. The van der Waals surface area contributed by atoms with Crippen LogP contribution in [0.4, 0.5) is 0 Å². The van der Waals surface area contributed by atoms with Crippen molar-refractivity contribution in [3.05, 3.63) is 251 Å². The average Bonchev–Trinajstić information content (AvgIpc) is 3.92. The molecule has 3 aliphatic rings. The predicted molar refractivity (Wildman–Crippen MR) is 231 cm³/mol. The summed E-state index contributed by atoms with van der Waals surface area (Å²) in [5.41, 5.74) is 21.7. The molecule has 266 valence electrons. The molecule has 0 fully saturated rings. The Kier molecular flexibility index (Phi) is 7.00. The summed E-state index contributed by atoms with van der Waals surface area (Å²) in [6.45, 7) is 0. The molecule has 0 bridgehead atoms. The van der Waals surface area contributed by atoms with Crippen LogP contribution < -0.4 is 0 Å². The molecule has 0 saturated heterocycles. The zero-order chi connectivity index (χ0) is 37.5. The summed E-state index contributed by atoms with van der Waals surface area (Å²) in [4.78, 5) is 11.1. The predicted octanol–water partition coefficient (Wildman–Crippen LogP) is 12.9. The van der Waals surface area contributed by atoms with Crippen LogP contribution in [0, 0.1) is 0 Å². The third-order valence-electron chi connectivity index (χ3n) is 12.7. The Balaban J connectivity index is 1.13. The molecule has 2 nitrogen and oxygen atoms in total. The minimum atomic E-state index is -0.500. The van der Waals surface area contributed by atoms with E-state index in [9.17, 15) is 0 Å². The van der Waals surface area contributed by atoms with Crippen molar-refractivity contribution in [2.45, 2.75) is 17.8 Å². The average molecular weight is 725 g/mol. The highest BCUT2D eigenvalue weighted by molar-refractivity contribution is 5.93. The SMILES string of the molecule is c1ccc(-c2cc(-c3cccc4c3Cc3ccccc3-4)nc(C3c4ccccc4-c4cc5c(cc43)C(c3ccccc3)(c3ccccc3)c3ccccc3-5)n2)cc1. The van der Waals surface area contributed by atoms with Crippen LogP contribution in [0.3, 0.4) is 0 Å². The quantitative estimate of drug-likeness (QED) is 0.177. The van der Waals surface area contributed by atoms with Crippen LogP contribution in [0.5, 0.6) is 0 Å². The molecule has 1 heterocycles. The lowest BCUT2D eigenvalue weighted by Crippen LogP contribution is -2.28. The van der Waals surface area contributed by atoms with Crippen LogP contribution in [-0.2, 0) is 11.8 Å². The van der Waals surface area contributed by atoms with E-state index in [4.69, 9.17) is 9.97 Å². The Morgan fingerprint density at radius 3 is 1.75 bits per heavy atom. The van der Waals surface area contributed by atoms with Gasteiger partial charge in [-0.2, -0.15) is 0 Å². The van der Waals surface area contributed by atoms with Crippen LogP contribution in [0.1, 0.15) is 56.2 Å². The first kappa shape index (κ1) is 32.1. The Bertz CT molecular complexity index is 3000. The number of benzene rings is 8. The highest BCUT2D eigenvalue weighted by atomic mass is 14.9. The van der Waals surface area contributed by atoms with Crippen molar-refractivity contribution in [3.8, 4) is 55.9 Å². The first-order valence-electron chi connectivity index (χ1n) is 19.9. The lowest BCUT2D eigenvalue weighted by atomic mass is 9.67. The maximum absolute atomic E-state index is 5.62. The summed E-state index contributed by atoms with van der Waals surface area (Å²) >= 11 is 0. The molecular weight excluding hydrogens is 689 g/mol. The van der Waals surface area contributed by atoms with Crippen molar-refractivity contribution >= 4 is 0 Å². The number of fused-ring (bicyclic) bond motifs is 9. The first-order chi connectivity index (χ1) is 28.3. The van der Waals surface area contributed by atoms with Gasteiger partial charge in [0.15, 0.2) is 0 Å². The van der Waals surface area contributed by atoms with Gasteiger partial charge < -0.3 is 0 Å². The molecule has 1 aromatic heterocycles. The zero-order valence-electron chi connectivity index (χ0n) is 31.2.